The third kappa shape index (κ3) is 2.42. The fourth-order valence-corrected chi connectivity index (χ4v) is 3.22. The van der Waals surface area contributed by atoms with Crippen molar-refractivity contribution in [2.45, 2.75) is 44.0 Å². The van der Waals surface area contributed by atoms with Crippen molar-refractivity contribution in [1.29, 1.82) is 0 Å². The van der Waals surface area contributed by atoms with Crippen LogP contribution in [0.15, 0.2) is 24.3 Å². The molecule has 0 spiro atoms. The Morgan fingerprint density at radius 1 is 1.25 bits per heavy atom. The standard InChI is InChI=1S/C14H20BrN/c1-2-16(13-8-4-5-9-13)14-10-6-3-7-12(14)11-15/h3,6-7,10,13H,2,4-5,8-9,11H2,1H3. The average molecular weight is 282 g/mol. The summed E-state index contributed by atoms with van der Waals surface area (Å²) in [7, 11) is 0. The highest BCUT2D eigenvalue weighted by Gasteiger charge is 2.22. The van der Waals surface area contributed by atoms with Crippen molar-refractivity contribution >= 4 is 21.6 Å². The van der Waals surface area contributed by atoms with E-state index in [0.717, 1.165) is 17.9 Å². The van der Waals surface area contributed by atoms with Crippen molar-refractivity contribution in [3.8, 4) is 0 Å². The minimum absolute atomic E-state index is 0.769. The lowest BCUT2D eigenvalue weighted by atomic mass is 10.1. The van der Waals surface area contributed by atoms with Crippen LogP contribution < -0.4 is 4.90 Å². The van der Waals surface area contributed by atoms with E-state index < -0.39 is 0 Å². The molecule has 2 rings (SSSR count). The molecular weight excluding hydrogens is 262 g/mol. The molecule has 0 aliphatic heterocycles. The van der Waals surface area contributed by atoms with Crippen LogP contribution in [0.2, 0.25) is 0 Å². The Morgan fingerprint density at radius 2 is 1.94 bits per heavy atom. The quantitative estimate of drug-likeness (QED) is 0.742. The van der Waals surface area contributed by atoms with Crippen LogP contribution in [-0.2, 0) is 5.33 Å². The van der Waals surface area contributed by atoms with Crippen molar-refractivity contribution in [3.63, 3.8) is 0 Å². The monoisotopic (exact) mass is 281 g/mol. The number of halogens is 1. The second kappa shape index (κ2) is 5.72. The number of alkyl halides is 1. The Kier molecular flexibility index (Phi) is 4.28. The van der Waals surface area contributed by atoms with Gasteiger partial charge in [0.25, 0.3) is 0 Å². The van der Waals surface area contributed by atoms with Gasteiger partial charge in [0.1, 0.15) is 0 Å². The summed E-state index contributed by atoms with van der Waals surface area (Å²) in [5, 5.41) is 0.951. The molecule has 0 atom stereocenters. The molecule has 0 aromatic heterocycles. The predicted octanol–water partition coefficient (Wildman–Crippen LogP) is 4.35. The largest absolute Gasteiger partial charge is 0.369 e. The Hall–Kier alpha value is -0.500. The number of nitrogens with zero attached hydrogens (tertiary/aromatic N) is 1. The van der Waals surface area contributed by atoms with Crippen molar-refractivity contribution in [2.75, 3.05) is 11.4 Å². The van der Waals surface area contributed by atoms with Gasteiger partial charge in [0, 0.05) is 23.6 Å². The molecule has 1 fully saturated rings. The van der Waals surface area contributed by atoms with Gasteiger partial charge in [-0.15, -0.1) is 0 Å². The van der Waals surface area contributed by atoms with Gasteiger partial charge in [0.15, 0.2) is 0 Å². The smallest absolute Gasteiger partial charge is 0.0409 e. The molecule has 0 saturated heterocycles. The van der Waals surface area contributed by atoms with Crippen molar-refractivity contribution < 1.29 is 0 Å². The van der Waals surface area contributed by atoms with Gasteiger partial charge in [-0.3, -0.25) is 0 Å². The Balaban J connectivity index is 2.24. The number of para-hydroxylation sites is 1. The fraction of sp³-hybridized carbons (Fsp3) is 0.571. The minimum atomic E-state index is 0.769. The Bertz CT molecular complexity index is 331. The molecule has 2 heteroatoms. The highest BCUT2D eigenvalue weighted by Crippen LogP contribution is 2.30. The zero-order chi connectivity index (χ0) is 11.4. The molecular formula is C14H20BrN. The van der Waals surface area contributed by atoms with E-state index in [0.29, 0.717) is 0 Å². The molecule has 16 heavy (non-hydrogen) atoms. The molecule has 0 amide bonds. The third-order valence-electron chi connectivity index (χ3n) is 3.55. The molecule has 1 aromatic carbocycles. The van der Waals surface area contributed by atoms with Crippen LogP contribution in [0.5, 0.6) is 0 Å². The number of benzene rings is 1. The molecule has 0 N–H and O–H groups in total. The molecule has 1 nitrogen and oxygen atoms in total. The zero-order valence-corrected chi connectivity index (χ0v) is 11.5. The second-order valence-corrected chi connectivity index (χ2v) is 5.05. The van der Waals surface area contributed by atoms with Gasteiger partial charge in [-0.25, -0.2) is 0 Å². The molecule has 0 heterocycles. The summed E-state index contributed by atoms with van der Waals surface area (Å²) < 4.78 is 0. The molecule has 1 aromatic rings. The normalized spacial score (nSPS) is 16.6. The van der Waals surface area contributed by atoms with E-state index in [1.807, 2.05) is 0 Å². The lowest BCUT2D eigenvalue weighted by Crippen LogP contribution is -2.33. The van der Waals surface area contributed by atoms with E-state index in [9.17, 15) is 0 Å². The summed E-state index contributed by atoms with van der Waals surface area (Å²) in [6.45, 7) is 3.39. The van der Waals surface area contributed by atoms with Gasteiger partial charge in [0.2, 0.25) is 0 Å². The molecule has 0 unspecified atom stereocenters. The third-order valence-corrected chi connectivity index (χ3v) is 4.16. The van der Waals surface area contributed by atoms with Gasteiger partial charge >= 0.3 is 0 Å². The summed E-state index contributed by atoms with van der Waals surface area (Å²) in [4.78, 5) is 2.59. The van der Waals surface area contributed by atoms with Gasteiger partial charge < -0.3 is 4.90 Å². The maximum Gasteiger partial charge on any atom is 0.0409 e. The van der Waals surface area contributed by atoms with Crippen LogP contribution in [-0.4, -0.2) is 12.6 Å². The van der Waals surface area contributed by atoms with Crippen LogP contribution >= 0.6 is 15.9 Å². The summed E-state index contributed by atoms with van der Waals surface area (Å²) in [6.07, 6.45) is 5.53. The van der Waals surface area contributed by atoms with E-state index in [1.165, 1.54) is 36.9 Å². The highest BCUT2D eigenvalue weighted by atomic mass is 79.9. The first kappa shape index (κ1) is 12.0. The van der Waals surface area contributed by atoms with Gasteiger partial charge in [-0.1, -0.05) is 47.0 Å². The average Bonchev–Trinajstić information content (AvgIpc) is 2.84. The molecule has 1 aliphatic rings. The van der Waals surface area contributed by atoms with Crippen LogP contribution in [0.25, 0.3) is 0 Å². The second-order valence-electron chi connectivity index (χ2n) is 4.49. The number of hydrogen-bond acceptors (Lipinski definition) is 1. The summed E-state index contributed by atoms with van der Waals surface area (Å²) in [5.74, 6) is 0. The Labute approximate surface area is 107 Å². The minimum Gasteiger partial charge on any atom is -0.369 e. The SMILES string of the molecule is CCN(c1ccccc1CBr)C1CCCC1. The fourth-order valence-electron chi connectivity index (χ4n) is 2.75. The lowest BCUT2D eigenvalue weighted by Gasteiger charge is -2.31. The van der Waals surface area contributed by atoms with Gasteiger partial charge in [0.05, 0.1) is 0 Å². The van der Waals surface area contributed by atoms with Crippen molar-refractivity contribution in [2.24, 2.45) is 0 Å². The molecule has 1 saturated carbocycles. The first-order chi connectivity index (χ1) is 7.86. The van der Waals surface area contributed by atoms with E-state index >= 15 is 0 Å². The predicted molar refractivity (Wildman–Crippen MR) is 74.3 cm³/mol. The van der Waals surface area contributed by atoms with Crippen LogP contribution in [0.3, 0.4) is 0 Å². The topological polar surface area (TPSA) is 3.24 Å². The molecule has 1 aliphatic carbocycles. The van der Waals surface area contributed by atoms with Crippen LogP contribution in [0.1, 0.15) is 38.2 Å². The first-order valence-electron chi connectivity index (χ1n) is 6.27. The van der Waals surface area contributed by atoms with Gasteiger partial charge in [-0.2, -0.15) is 0 Å². The maximum absolute atomic E-state index is 3.59. The van der Waals surface area contributed by atoms with Crippen molar-refractivity contribution in [3.05, 3.63) is 29.8 Å². The van der Waals surface area contributed by atoms with Crippen LogP contribution in [0, 0.1) is 0 Å². The number of hydrogen-bond donors (Lipinski definition) is 0. The zero-order valence-electron chi connectivity index (χ0n) is 9.95. The number of rotatable bonds is 4. The van der Waals surface area contributed by atoms with Crippen LogP contribution in [0.4, 0.5) is 5.69 Å². The highest BCUT2D eigenvalue weighted by molar-refractivity contribution is 9.08. The maximum atomic E-state index is 3.59. The number of anilines is 1. The molecule has 88 valence electrons. The van der Waals surface area contributed by atoms with E-state index in [4.69, 9.17) is 0 Å². The van der Waals surface area contributed by atoms with E-state index in [1.54, 1.807) is 0 Å². The first-order valence-corrected chi connectivity index (χ1v) is 7.39. The van der Waals surface area contributed by atoms with Gasteiger partial charge in [-0.05, 0) is 31.4 Å². The summed E-state index contributed by atoms with van der Waals surface area (Å²) in [6, 6.07) is 9.53. The van der Waals surface area contributed by atoms with Crippen molar-refractivity contribution in [1.82, 2.24) is 0 Å². The summed E-state index contributed by atoms with van der Waals surface area (Å²) >= 11 is 3.59. The van der Waals surface area contributed by atoms with E-state index in [2.05, 4.69) is 52.0 Å². The van der Waals surface area contributed by atoms with E-state index in [-0.39, 0.29) is 0 Å². The summed E-state index contributed by atoms with van der Waals surface area (Å²) in [5.41, 5.74) is 2.84. The molecule has 0 bridgehead atoms. The Morgan fingerprint density at radius 3 is 2.56 bits per heavy atom. The molecule has 0 radical (unpaired) electrons. The lowest BCUT2D eigenvalue weighted by molar-refractivity contribution is 0.618.